The fourth-order valence-electron chi connectivity index (χ4n) is 14.6. The average molecular weight is 1920 g/mol. The predicted octanol–water partition coefficient (Wildman–Crippen LogP) is 18.2. The van der Waals surface area contributed by atoms with Crippen LogP contribution in [0.3, 0.4) is 0 Å². The molecule has 7 aromatic heterocycles. The number of hydrogen-bond acceptors (Lipinski definition) is 14. The van der Waals surface area contributed by atoms with Gasteiger partial charge in [0.25, 0.3) is 50.1 Å². The topological polar surface area (TPSA) is 311 Å². The van der Waals surface area contributed by atoms with Crippen molar-refractivity contribution < 1.29 is 81.1 Å². The molecule has 0 spiro atoms. The number of rotatable bonds is 16. The standard InChI is InChI=1S/C31H26N2O5S2.C31H24N2O5S2.C17H12N2O.C15H12INO2S.CH2Cl2.CH4.Li.H2O/c2*1-21-11-15-23(16-12-21)39(35,36)32-19-27(25-7-3-5-9-29(25)32)31(34)28-20-33(30-10-6-4-8-26(28)30)40(37,38)24-17-13-22(2)14-18-24;20-17(13-9-18-15-7-3-1-5-11(13)15)14-10-19-16-8-4-2-6-12(14)16;1-11-6-8-12(9-7-11)20(18,19)17-10-14(16)13-4-2-3-5-15(13)17;2-1-3;;;/h3-20,31,34H,1-2H3;3-20H,1-2H3;1-10,18-19H;2-10H,1H3;1H2;1H4;;1H2/q;;;;;;+1;/p-1. The first-order valence-corrected chi connectivity index (χ1v) is 47.6. The van der Waals surface area contributed by atoms with Gasteiger partial charge in [-0.1, -0.05) is 223 Å². The number of nitrogens with zero attached hydrogens (tertiary/aromatic N) is 5. The van der Waals surface area contributed by atoms with Gasteiger partial charge in [0.1, 0.15) is 6.10 Å². The number of carbonyl (C=O) groups excluding carboxylic acids is 2. The maximum absolute atomic E-state index is 14.1. The number of H-pyrrole nitrogens is 2. The Morgan fingerprint density at radius 1 is 0.317 bits per heavy atom. The number of aryl methyl sites for hydroxylation is 5. The van der Waals surface area contributed by atoms with Crippen LogP contribution in [0.1, 0.15) is 84.3 Å². The van der Waals surface area contributed by atoms with Crippen molar-refractivity contribution in [1.82, 2.24) is 29.8 Å². The van der Waals surface area contributed by atoms with Gasteiger partial charge in [0, 0.05) is 129 Å². The molecule has 21 nitrogen and oxygen atoms in total. The van der Waals surface area contributed by atoms with E-state index in [2.05, 4.69) is 32.6 Å². The number of hydrogen-bond donors (Lipinski definition) is 3. The quantitative estimate of drug-likeness (QED) is 0.0351. The van der Waals surface area contributed by atoms with Gasteiger partial charge in [0.05, 0.1) is 57.4 Å². The molecule has 0 bridgehead atoms. The zero-order valence-electron chi connectivity index (χ0n) is 67.7. The van der Waals surface area contributed by atoms with E-state index in [1.165, 1.54) is 61.0 Å². The Morgan fingerprint density at radius 2 is 0.532 bits per heavy atom. The molecule has 0 atom stereocenters. The van der Waals surface area contributed by atoms with Crippen LogP contribution in [0.2, 0.25) is 0 Å². The molecule has 126 heavy (non-hydrogen) atoms. The number of para-hydroxylation sites is 7. The Bertz CT molecular complexity index is 7520. The fourth-order valence-corrected chi connectivity index (χ4v) is 22.4. The molecule has 0 aliphatic rings. The fraction of sp³-hybridized carbons (Fsp3) is 0.0833. The molecule has 4 N–H and O–H groups in total. The summed E-state index contributed by atoms with van der Waals surface area (Å²) >= 11 is 11.7. The molecule has 0 saturated heterocycles. The molecule has 7 heterocycles. The van der Waals surface area contributed by atoms with Crippen molar-refractivity contribution in [2.75, 3.05) is 5.34 Å². The molecule has 0 fully saturated rings. The Morgan fingerprint density at radius 3 is 0.825 bits per heavy atom. The van der Waals surface area contributed by atoms with Crippen molar-refractivity contribution in [2.24, 2.45) is 0 Å². The molecule has 0 aliphatic heterocycles. The number of benzene rings is 12. The zero-order valence-corrected chi connectivity index (χ0v) is 75.5. The predicted molar refractivity (Wildman–Crippen MR) is 504 cm³/mol. The number of carbonyl (C=O) groups is 2. The number of fused-ring (bicyclic) bond motifs is 7. The molecule has 30 heteroatoms. The minimum Gasteiger partial charge on any atom is -0.870 e. The van der Waals surface area contributed by atoms with Crippen molar-refractivity contribution in [2.45, 2.75) is 72.6 Å². The average Bonchev–Trinajstić information content (AvgIpc) is 1.58. The summed E-state index contributed by atoms with van der Waals surface area (Å²) in [5.74, 6) is -0.442. The number of aromatic nitrogens is 7. The van der Waals surface area contributed by atoms with E-state index in [4.69, 9.17) is 23.2 Å². The van der Waals surface area contributed by atoms with Gasteiger partial charge in [0.2, 0.25) is 0 Å². The van der Waals surface area contributed by atoms with Crippen molar-refractivity contribution in [3.63, 3.8) is 0 Å². The summed E-state index contributed by atoms with van der Waals surface area (Å²) in [5, 5.41) is 16.8. The third-order valence-corrected chi connectivity index (χ3v) is 30.3. The SMILES string of the molecule is C.Cc1ccc(S(=O)(=O)n2cc(C(=O)c3cn(S(=O)(=O)c4ccc(C)cc4)c4ccccc34)c3ccccc32)cc1.Cc1ccc(S(=O)(=O)n2cc(C(O)c3cn(S(=O)(=O)c4ccc(C)cc4)c4ccccc34)c3ccccc32)cc1.Cc1ccc(S(=O)(=O)n2cc(I)c3ccccc32)cc1.ClCCl.O=C(c1c[nH]c2ccccc12)c1c[nH]c2ccccc12.[Li+].[OH-]. The number of halogens is 3. The first-order valence-electron chi connectivity index (χ1n) is 38.2. The third kappa shape index (κ3) is 18.1. The number of ketones is 2. The zero-order chi connectivity index (χ0) is 87.0. The molecule has 0 aliphatic carbocycles. The molecule has 636 valence electrons. The minimum atomic E-state index is -4.01. The van der Waals surface area contributed by atoms with E-state index in [0.29, 0.717) is 76.3 Å². The Labute approximate surface area is 765 Å². The van der Waals surface area contributed by atoms with Crippen molar-refractivity contribution >= 4 is 184 Å². The van der Waals surface area contributed by atoms with Crippen LogP contribution < -0.4 is 18.9 Å². The molecule has 19 aromatic rings. The van der Waals surface area contributed by atoms with Gasteiger partial charge in [-0.3, -0.25) is 9.59 Å². The maximum atomic E-state index is 14.1. The van der Waals surface area contributed by atoms with Crippen LogP contribution in [0.5, 0.6) is 0 Å². The summed E-state index contributed by atoms with van der Waals surface area (Å²) in [4.78, 5) is 33.9. The molecule has 19 rings (SSSR count). The van der Waals surface area contributed by atoms with E-state index in [1.807, 2.05) is 120 Å². The van der Waals surface area contributed by atoms with E-state index >= 15 is 0 Å². The van der Waals surface area contributed by atoms with Crippen LogP contribution in [0.25, 0.3) is 76.3 Å². The van der Waals surface area contributed by atoms with Crippen LogP contribution in [0.15, 0.2) is 359 Å². The van der Waals surface area contributed by atoms with Gasteiger partial charge < -0.3 is 20.6 Å². The number of aliphatic hydroxyl groups excluding tert-OH is 1. The van der Waals surface area contributed by atoms with Gasteiger partial charge in [-0.15, -0.1) is 23.2 Å². The van der Waals surface area contributed by atoms with Gasteiger partial charge in [-0.05, 0) is 160 Å². The second kappa shape index (κ2) is 38.3. The van der Waals surface area contributed by atoms with Crippen LogP contribution in [-0.2, 0) is 50.1 Å². The van der Waals surface area contributed by atoms with Gasteiger partial charge in [-0.2, -0.15) is 0 Å². The Balaban J connectivity index is 0.000000157. The van der Waals surface area contributed by atoms with E-state index in [0.717, 1.165) is 66.5 Å². The Hall–Kier alpha value is -11.7. The van der Waals surface area contributed by atoms with E-state index in [1.54, 1.807) is 201 Å². The third-order valence-electron chi connectivity index (χ3n) is 21.0. The Kier molecular flexibility index (Phi) is 28.4. The van der Waals surface area contributed by atoms with E-state index in [-0.39, 0.29) is 73.6 Å². The largest absolute Gasteiger partial charge is 1.00 e. The first kappa shape index (κ1) is 93.5. The summed E-state index contributed by atoms with van der Waals surface area (Å²) in [6.07, 6.45) is 9.42. The van der Waals surface area contributed by atoms with Crippen molar-refractivity contribution in [1.29, 1.82) is 0 Å². The van der Waals surface area contributed by atoms with Crippen molar-refractivity contribution in [3.05, 3.63) is 399 Å². The second-order valence-electron chi connectivity index (χ2n) is 29.0. The number of aliphatic hydroxyl groups is 1. The summed E-state index contributed by atoms with van der Waals surface area (Å²) in [5.41, 5.74) is 11.4. The van der Waals surface area contributed by atoms with Crippen LogP contribution in [0, 0.1) is 38.2 Å². The second-order valence-corrected chi connectivity index (χ2v) is 40.1. The monoisotopic (exact) mass is 1920 g/mol. The van der Waals surface area contributed by atoms with Gasteiger partial charge in [-0.25, -0.2) is 62.0 Å². The van der Waals surface area contributed by atoms with Gasteiger partial charge >= 0.3 is 18.9 Å². The molecule has 0 amide bonds. The summed E-state index contributed by atoms with van der Waals surface area (Å²) < 4.78 is 141. The molecular formula is C96H81Cl2ILiN7O14S5. The molecule has 0 saturated carbocycles. The summed E-state index contributed by atoms with van der Waals surface area (Å²) in [7, 11) is -19.5. The van der Waals surface area contributed by atoms with Gasteiger partial charge in [0.15, 0.2) is 11.6 Å². The van der Waals surface area contributed by atoms with Crippen molar-refractivity contribution in [3.8, 4) is 0 Å². The molecule has 0 unspecified atom stereocenters. The number of alkyl halides is 2. The molecular weight excluding hydrogens is 1840 g/mol. The molecule has 0 radical (unpaired) electrons. The minimum absolute atomic E-state index is 0. The number of aromatic amines is 2. The summed E-state index contributed by atoms with van der Waals surface area (Å²) in [6.45, 7) is 9.43. The number of nitrogens with one attached hydrogen (secondary N) is 2. The van der Waals surface area contributed by atoms with Crippen LogP contribution in [0.4, 0.5) is 0 Å². The summed E-state index contributed by atoms with van der Waals surface area (Å²) in [6, 6.07) is 83.7. The van der Waals surface area contributed by atoms with Crippen LogP contribution >= 0.6 is 45.8 Å². The molecule has 12 aromatic carbocycles. The van der Waals surface area contributed by atoms with E-state index < -0.39 is 62.0 Å². The first-order chi connectivity index (χ1) is 58.9. The maximum Gasteiger partial charge on any atom is 1.00 e. The smallest absolute Gasteiger partial charge is 0.870 e. The normalized spacial score (nSPS) is 11.7. The van der Waals surface area contributed by atoms with Crippen LogP contribution in [-0.4, -0.2) is 99.4 Å². The van der Waals surface area contributed by atoms with E-state index in [9.17, 15) is 56.8 Å².